The fourth-order valence-corrected chi connectivity index (χ4v) is 1.56. The number of nitrogens with zero attached hydrogens (tertiary/aromatic N) is 2. The minimum atomic E-state index is -0.282. The lowest BCUT2D eigenvalue weighted by Crippen LogP contribution is -2.34. The van der Waals surface area contributed by atoms with Crippen molar-refractivity contribution in [2.75, 3.05) is 18.1 Å². The first-order valence-electron chi connectivity index (χ1n) is 4.71. The number of hydrogen-bond acceptors (Lipinski definition) is 3. The number of anilines is 1. The number of benzene rings is 1. The molecule has 3 nitrogen and oxygen atoms in total. The van der Waals surface area contributed by atoms with E-state index in [-0.39, 0.29) is 12.6 Å². The quantitative estimate of drug-likeness (QED) is 0.852. The molecule has 80 valence electrons. The van der Waals surface area contributed by atoms with Crippen LogP contribution in [-0.4, -0.2) is 24.3 Å². The van der Waals surface area contributed by atoms with E-state index in [9.17, 15) is 0 Å². The zero-order valence-electron chi connectivity index (χ0n) is 8.52. The molecule has 1 N–H and O–H groups in total. The van der Waals surface area contributed by atoms with Crippen molar-refractivity contribution in [1.82, 2.24) is 0 Å². The van der Waals surface area contributed by atoms with E-state index in [4.69, 9.17) is 22.0 Å². The predicted molar refractivity (Wildman–Crippen MR) is 61.0 cm³/mol. The Labute approximate surface area is 94.5 Å². The predicted octanol–water partition coefficient (Wildman–Crippen LogP) is 2.05. The zero-order chi connectivity index (χ0) is 11.3. The van der Waals surface area contributed by atoms with Gasteiger partial charge in [0, 0.05) is 17.3 Å². The summed E-state index contributed by atoms with van der Waals surface area (Å²) in [4.78, 5) is 1.81. The van der Waals surface area contributed by atoms with Crippen molar-refractivity contribution >= 4 is 17.3 Å². The number of rotatable bonds is 4. The van der Waals surface area contributed by atoms with Crippen molar-refractivity contribution in [3.63, 3.8) is 0 Å². The van der Waals surface area contributed by atoms with Gasteiger partial charge in [0.2, 0.25) is 0 Å². The van der Waals surface area contributed by atoms with Crippen molar-refractivity contribution in [2.45, 2.75) is 13.0 Å². The van der Waals surface area contributed by atoms with E-state index in [1.165, 1.54) is 0 Å². The fraction of sp³-hybridized carbons (Fsp3) is 0.364. The Kier molecular flexibility index (Phi) is 4.41. The highest BCUT2D eigenvalue weighted by molar-refractivity contribution is 6.30. The molecule has 0 aliphatic carbocycles. The van der Waals surface area contributed by atoms with Gasteiger partial charge >= 0.3 is 0 Å². The minimum Gasteiger partial charge on any atom is -0.395 e. The van der Waals surface area contributed by atoms with Gasteiger partial charge in [0.1, 0.15) is 6.04 Å². The van der Waals surface area contributed by atoms with Crippen LogP contribution in [0.5, 0.6) is 0 Å². The van der Waals surface area contributed by atoms with E-state index in [1.54, 1.807) is 19.1 Å². The van der Waals surface area contributed by atoms with E-state index in [0.717, 1.165) is 5.69 Å². The molecule has 0 amide bonds. The Morgan fingerprint density at radius 1 is 1.60 bits per heavy atom. The Balaban J connectivity index is 2.94. The Morgan fingerprint density at radius 2 is 2.33 bits per heavy atom. The van der Waals surface area contributed by atoms with Gasteiger partial charge in [-0.2, -0.15) is 5.26 Å². The van der Waals surface area contributed by atoms with Gasteiger partial charge in [-0.1, -0.05) is 17.7 Å². The molecule has 0 bridgehead atoms. The highest BCUT2D eigenvalue weighted by Gasteiger charge is 2.13. The first-order valence-corrected chi connectivity index (χ1v) is 5.09. The molecule has 1 aromatic rings. The molecule has 1 atom stereocenters. The largest absolute Gasteiger partial charge is 0.395 e. The van der Waals surface area contributed by atoms with Gasteiger partial charge in [-0.05, 0) is 25.1 Å². The van der Waals surface area contributed by atoms with Gasteiger partial charge in [0.05, 0.1) is 12.7 Å². The molecule has 0 fully saturated rings. The summed E-state index contributed by atoms with van der Waals surface area (Å²) in [6.45, 7) is 2.23. The first-order chi connectivity index (χ1) is 7.19. The second-order valence-corrected chi connectivity index (χ2v) is 3.64. The van der Waals surface area contributed by atoms with Crippen LogP contribution < -0.4 is 4.90 Å². The van der Waals surface area contributed by atoms with Gasteiger partial charge in [0.25, 0.3) is 0 Å². The van der Waals surface area contributed by atoms with Crippen LogP contribution in [0.4, 0.5) is 5.69 Å². The number of nitriles is 1. The van der Waals surface area contributed by atoms with Crippen LogP contribution in [-0.2, 0) is 0 Å². The van der Waals surface area contributed by atoms with Gasteiger partial charge in [-0.25, -0.2) is 0 Å². The maximum absolute atomic E-state index is 8.93. The van der Waals surface area contributed by atoms with E-state index < -0.39 is 0 Å². The number of aliphatic hydroxyl groups is 1. The average molecular weight is 225 g/mol. The molecule has 1 rings (SSSR count). The van der Waals surface area contributed by atoms with Crippen LogP contribution >= 0.6 is 11.6 Å². The van der Waals surface area contributed by atoms with Gasteiger partial charge in [0.15, 0.2) is 0 Å². The average Bonchev–Trinajstić information content (AvgIpc) is 2.25. The lowest BCUT2D eigenvalue weighted by Gasteiger charge is -2.26. The van der Waals surface area contributed by atoms with Gasteiger partial charge in [-0.3, -0.25) is 0 Å². The van der Waals surface area contributed by atoms with Gasteiger partial charge < -0.3 is 10.0 Å². The molecule has 4 heteroatoms. The van der Waals surface area contributed by atoms with Crippen LogP contribution in [0.3, 0.4) is 0 Å². The Bertz CT molecular complexity index is 362. The van der Waals surface area contributed by atoms with Crippen molar-refractivity contribution in [3.05, 3.63) is 29.3 Å². The Morgan fingerprint density at radius 3 is 2.87 bits per heavy atom. The standard InChI is InChI=1S/C11H13ClN2O/c1-9(8-13)14(5-6-15)11-4-2-3-10(12)7-11/h2-4,7,9,15H,5-6H2,1H3. The molecule has 0 aliphatic rings. The maximum atomic E-state index is 8.93. The molecule has 0 aliphatic heterocycles. The third-order valence-corrected chi connectivity index (χ3v) is 2.37. The van der Waals surface area contributed by atoms with Crippen LogP contribution in [0.2, 0.25) is 5.02 Å². The molecule has 0 radical (unpaired) electrons. The number of aliphatic hydroxyl groups excluding tert-OH is 1. The van der Waals surface area contributed by atoms with Crippen molar-refractivity contribution < 1.29 is 5.11 Å². The van der Waals surface area contributed by atoms with Crippen LogP contribution in [0.15, 0.2) is 24.3 Å². The van der Waals surface area contributed by atoms with E-state index in [1.807, 2.05) is 17.0 Å². The number of hydrogen-bond donors (Lipinski definition) is 1. The lowest BCUT2D eigenvalue weighted by molar-refractivity contribution is 0.300. The van der Waals surface area contributed by atoms with E-state index >= 15 is 0 Å². The molecular formula is C11H13ClN2O. The summed E-state index contributed by atoms with van der Waals surface area (Å²) in [5.74, 6) is 0. The molecule has 0 saturated carbocycles. The normalized spacial score (nSPS) is 11.9. The summed E-state index contributed by atoms with van der Waals surface area (Å²) >= 11 is 5.86. The third kappa shape index (κ3) is 3.12. The summed E-state index contributed by atoms with van der Waals surface area (Å²) < 4.78 is 0. The SMILES string of the molecule is CC(C#N)N(CCO)c1cccc(Cl)c1. The van der Waals surface area contributed by atoms with Gasteiger partial charge in [-0.15, -0.1) is 0 Å². The number of halogens is 1. The molecule has 0 saturated heterocycles. The zero-order valence-corrected chi connectivity index (χ0v) is 9.28. The Hall–Kier alpha value is -1.24. The summed E-state index contributed by atoms with van der Waals surface area (Å²) in [5, 5.41) is 18.4. The lowest BCUT2D eigenvalue weighted by atomic mass is 10.2. The summed E-state index contributed by atoms with van der Waals surface area (Å²) in [7, 11) is 0. The van der Waals surface area contributed by atoms with Crippen LogP contribution in [0.25, 0.3) is 0 Å². The highest BCUT2D eigenvalue weighted by atomic mass is 35.5. The molecule has 0 spiro atoms. The molecule has 0 aromatic heterocycles. The van der Waals surface area contributed by atoms with Crippen LogP contribution in [0.1, 0.15) is 6.92 Å². The van der Waals surface area contributed by atoms with Crippen molar-refractivity contribution in [1.29, 1.82) is 5.26 Å². The highest BCUT2D eigenvalue weighted by Crippen LogP contribution is 2.20. The molecule has 1 unspecified atom stereocenters. The second kappa shape index (κ2) is 5.59. The first kappa shape index (κ1) is 11.8. The van der Waals surface area contributed by atoms with Crippen molar-refractivity contribution in [3.8, 4) is 6.07 Å². The maximum Gasteiger partial charge on any atom is 0.114 e. The second-order valence-electron chi connectivity index (χ2n) is 3.20. The molecule has 0 heterocycles. The van der Waals surface area contributed by atoms with Crippen LogP contribution in [0, 0.1) is 11.3 Å². The van der Waals surface area contributed by atoms with E-state index in [0.29, 0.717) is 11.6 Å². The summed E-state index contributed by atoms with van der Waals surface area (Å²) in [6, 6.07) is 9.11. The molecule has 15 heavy (non-hydrogen) atoms. The summed E-state index contributed by atoms with van der Waals surface area (Å²) in [5.41, 5.74) is 0.852. The smallest absolute Gasteiger partial charge is 0.114 e. The topological polar surface area (TPSA) is 47.3 Å². The monoisotopic (exact) mass is 224 g/mol. The van der Waals surface area contributed by atoms with E-state index in [2.05, 4.69) is 6.07 Å². The van der Waals surface area contributed by atoms with Crippen molar-refractivity contribution in [2.24, 2.45) is 0 Å². The third-order valence-electron chi connectivity index (χ3n) is 2.14. The molecular weight excluding hydrogens is 212 g/mol. The minimum absolute atomic E-state index is 0.0124. The fourth-order valence-electron chi connectivity index (χ4n) is 1.38. The molecule has 1 aromatic carbocycles. The summed E-state index contributed by atoms with van der Waals surface area (Å²) in [6.07, 6.45) is 0.